The van der Waals surface area contributed by atoms with E-state index >= 15 is 0 Å². The fourth-order valence-corrected chi connectivity index (χ4v) is 3.52. The molecule has 3 nitrogen and oxygen atoms in total. The van der Waals surface area contributed by atoms with Crippen molar-refractivity contribution in [1.82, 2.24) is 4.98 Å². The summed E-state index contributed by atoms with van der Waals surface area (Å²) in [5.41, 5.74) is 2.57. The molecule has 0 bridgehead atoms. The molecule has 22 heavy (non-hydrogen) atoms. The van der Waals surface area contributed by atoms with Crippen molar-refractivity contribution in [2.24, 2.45) is 0 Å². The van der Waals surface area contributed by atoms with Crippen LogP contribution < -0.4 is 0 Å². The molecular formula is C18H15NO2S. The SMILES string of the molecule is Cc1ccc(S(=O)(=O)c2cccc(-c3ccccn3)c2)cc1. The molecule has 0 spiro atoms. The van der Waals surface area contributed by atoms with Crippen LogP contribution in [0.15, 0.2) is 82.7 Å². The van der Waals surface area contributed by atoms with Crippen molar-refractivity contribution in [2.75, 3.05) is 0 Å². The average molecular weight is 309 g/mol. The van der Waals surface area contributed by atoms with Crippen LogP contribution in [0.1, 0.15) is 5.56 Å². The van der Waals surface area contributed by atoms with Gasteiger partial charge in [0.15, 0.2) is 0 Å². The van der Waals surface area contributed by atoms with E-state index in [0.29, 0.717) is 4.90 Å². The van der Waals surface area contributed by atoms with Gasteiger partial charge in [0.1, 0.15) is 0 Å². The molecule has 0 aliphatic carbocycles. The Labute approximate surface area is 130 Å². The number of nitrogens with zero attached hydrogens (tertiary/aromatic N) is 1. The van der Waals surface area contributed by atoms with Gasteiger partial charge < -0.3 is 0 Å². The Morgan fingerprint density at radius 1 is 0.818 bits per heavy atom. The minimum absolute atomic E-state index is 0.277. The van der Waals surface area contributed by atoms with Gasteiger partial charge in [-0.2, -0.15) is 0 Å². The van der Waals surface area contributed by atoms with Crippen molar-refractivity contribution < 1.29 is 8.42 Å². The Hall–Kier alpha value is -2.46. The highest BCUT2D eigenvalue weighted by Gasteiger charge is 2.18. The number of hydrogen-bond donors (Lipinski definition) is 0. The monoisotopic (exact) mass is 309 g/mol. The summed E-state index contributed by atoms with van der Waals surface area (Å²) in [5, 5.41) is 0. The number of aryl methyl sites for hydroxylation is 1. The number of rotatable bonds is 3. The Morgan fingerprint density at radius 3 is 2.27 bits per heavy atom. The number of aromatic nitrogens is 1. The fraction of sp³-hybridized carbons (Fsp3) is 0.0556. The van der Waals surface area contributed by atoms with E-state index in [1.807, 2.05) is 31.2 Å². The van der Waals surface area contributed by atoms with Gasteiger partial charge in [-0.15, -0.1) is 0 Å². The third-order valence-electron chi connectivity index (χ3n) is 3.44. The van der Waals surface area contributed by atoms with Crippen LogP contribution in [0.5, 0.6) is 0 Å². The molecule has 0 amide bonds. The number of benzene rings is 2. The third kappa shape index (κ3) is 2.78. The first-order chi connectivity index (χ1) is 10.6. The molecule has 0 N–H and O–H groups in total. The van der Waals surface area contributed by atoms with Gasteiger partial charge in [0.05, 0.1) is 15.5 Å². The predicted molar refractivity (Wildman–Crippen MR) is 86.3 cm³/mol. The van der Waals surface area contributed by atoms with Gasteiger partial charge in [-0.3, -0.25) is 4.98 Å². The van der Waals surface area contributed by atoms with E-state index in [9.17, 15) is 8.42 Å². The second-order valence-corrected chi connectivity index (χ2v) is 7.01. The standard InChI is InChI=1S/C18H15NO2S/c1-14-8-10-16(11-9-14)22(20,21)17-6-4-5-15(13-17)18-7-2-3-12-19-18/h2-13H,1H3. The summed E-state index contributed by atoms with van der Waals surface area (Å²) in [4.78, 5) is 4.84. The van der Waals surface area contributed by atoms with Crippen LogP contribution >= 0.6 is 0 Å². The molecule has 0 saturated heterocycles. The smallest absolute Gasteiger partial charge is 0.206 e. The maximum atomic E-state index is 12.7. The van der Waals surface area contributed by atoms with Crippen molar-refractivity contribution in [3.8, 4) is 11.3 Å². The second-order valence-electron chi connectivity index (χ2n) is 5.06. The summed E-state index contributed by atoms with van der Waals surface area (Å²) in [5.74, 6) is 0. The van der Waals surface area contributed by atoms with Crippen molar-refractivity contribution in [3.05, 3.63) is 78.5 Å². The van der Waals surface area contributed by atoms with Crippen LogP contribution in [0.4, 0.5) is 0 Å². The molecule has 0 saturated carbocycles. The molecule has 3 rings (SSSR count). The normalized spacial score (nSPS) is 11.3. The van der Waals surface area contributed by atoms with E-state index in [-0.39, 0.29) is 4.90 Å². The molecule has 0 aliphatic heterocycles. The molecule has 2 aromatic carbocycles. The van der Waals surface area contributed by atoms with Crippen LogP contribution in [-0.2, 0) is 9.84 Å². The molecule has 0 fully saturated rings. The maximum Gasteiger partial charge on any atom is 0.206 e. The Morgan fingerprint density at radius 2 is 1.59 bits per heavy atom. The highest BCUT2D eigenvalue weighted by molar-refractivity contribution is 7.91. The van der Waals surface area contributed by atoms with Gasteiger partial charge in [0.2, 0.25) is 9.84 Å². The van der Waals surface area contributed by atoms with Crippen LogP contribution in [0, 0.1) is 6.92 Å². The summed E-state index contributed by atoms with van der Waals surface area (Å²) in [6.45, 7) is 1.93. The Kier molecular flexibility index (Phi) is 3.77. The van der Waals surface area contributed by atoms with E-state index < -0.39 is 9.84 Å². The summed E-state index contributed by atoms with van der Waals surface area (Å²) >= 11 is 0. The zero-order chi connectivity index (χ0) is 15.6. The lowest BCUT2D eigenvalue weighted by molar-refractivity contribution is 0.596. The highest BCUT2D eigenvalue weighted by Crippen LogP contribution is 2.25. The minimum Gasteiger partial charge on any atom is -0.256 e. The summed E-state index contributed by atoms with van der Waals surface area (Å²) < 4.78 is 25.4. The molecule has 3 aromatic rings. The zero-order valence-electron chi connectivity index (χ0n) is 12.1. The summed E-state index contributed by atoms with van der Waals surface area (Å²) in [6.07, 6.45) is 1.69. The van der Waals surface area contributed by atoms with E-state index in [1.54, 1.807) is 48.7 Å². The third-order valence-corrected chi connectivity index (χ3v) is 5.20. The number of hydrogen-bond acceptors (Lipinski definition) is 3. The molecule has 110 valence electrons. The molecule has 1 heterocycles. The van der Waals surface area contributed by atoms with Crippen LogP contribution in [0.25, 0.3) is 11.3 Å². The zero-order valence-corrected chi connectivity index (χ0v) is 12.9. The van der Waals surface area contributed by atoms with Crippen LogP contribution in [0.2, 0.25) is 0 Å². The Balaban J connectivity index is 2.07. The van der Waals surface area contributed by atoms with E-state index in [0.717, 1.165) is 16.8 Å². The molecule has 0 radical (unpaired) electrons. The van der Waals surface area contributed by atoms with Gasteiger partial charge in [0, 0.05) is 11.8 Å². The van der Waals surface area contributed by atoms with E-state index in [4.69, 9.17) is 0 Å². The quantitative estimate of drug-likeness (QED) is 0.737. The lowest BCUT2D eigenvalue weighted by Crippen LogP contribution is -2.02. The van der Waals surface area contributed by atoms with Crippen molar-refractivity contribution >= 4 is 9.84 Å². The lowest BCUT2D eigenvalue weighted by Gasteiger charge is -2.07. The van der Waals surface area contributed by atoms with Gasteiger partial charge in [-0.05, 0) is 43.3 Å². The summed E-state index contributed by atoms with van der Waals surface area (Å²) in [7, 11) is -3.51. The van der Waals surface area contributed by atoms with Crippen molar-refractivity contribution in [1.29, 1.82) is 0 Å². The second kappa shape index (κ2) is 5.73. The molecule has 0 atom stereocenters. The van der Waals surface area contributed by atoms with Crippen molar-refractivity contribution in [2.45, 2.75) is 16.7 Å². The minimum atomic E-state index is -3.51. The first-order valence-corrected chi connectivity index (χ1v) is 8.39. The lowest BCUT2D eigenvalue weighted by atomic mass is 10.1. The summed E-state index contributed by atoms with van der Waals surface area (Å²) in [6, 6.07) is 19.3. The molecule has 1 aromatic heterocycles. The van der Waals surface area contributed by atoms with E-state index in [2.05, 4.69) is 4.98 Å². The molecule has 0 unspecified atom stereocenters. The predicted octanol–water partition coefficient (Wildman–Crippen LogP) is 3.89. The van der Waals surface area contributed by atoms with Crippen LogP contribution in [0.3, 0.4) is 0 Å². The fourth-order valence-electron chi connectivity index (χ4n) is 2.21. The van der Waals surface area contributed by atoms with Gasteiger partial charge >= 0.3 is 0 Å². The van der Waals surface area contributed by atoms with Gasteiger partial charge in [-0.25, -0.2) is 8.42 Å². The van der Waals surface area contributed by atoms with Gasteiger partial charge in [0.25, 0.3) is 0 Å². The van der Waals surface area contributed by atoms with E-state index in [1.165, 1.54) is 0 Å². The van der Waals surface area contributed by atoms with Crippen molar-refractivity contribution in [3.63, 3.8) is 0 Å². The maximum absolute atomic E-state index is 12.7. The Bertz CT molecular complexity index is 886. The first kappa shape index (κ1) is 14.5. The molecule has 0 aliphatic rings. The highest BCUT2D eigenvalue weighted by atomic mass is 32.2. The first-order valence-electron chi connectivity index (χ1n) is 6.90. The van der Waals surface area contributed by atoms with Crippen LogP contribution in [-0.4, -0.2) is 13.4 Å². The topological polar surface area (TPSA) is 47.0 Å². The molecule has 4 heteroatoms. The number of sulfone groups is 1. The number of pyridine rings is 1. The largest absolute Gasteiger partial charge is 0.256 e. The average Bonchev–Trinajstić information content (AvgIpc) is 2.56. The molecular weight excluding hydrogens is 294 g/mol. The van der Waals surface area contributed by atoms with Gasteiger partial charge in [-0.1, -0.05) is 35.9 Å².